The largest absolute Gasteiger partial charge is 0.497 e. The summed E-state index contributed by atoms with van der Waals surface area (Å²) in [5.74, 6) is 0.0706. The molecule has 4 rings (SSSR count). The molecule has 1 N–H and O–H groups in total. The third kappa shape index (κ3) is 5.46. The van der Waals surface area contributed by atoms with Crippen LogP contribution in [0.2, 0.25) is 0 Å². The zero-order valence-corrected chi connectivity index (χ0v) is 20.7. The number of hydrogen-bond acceptors (Lipinski definition) is 5. The first-order valence-electron chi connectivity index (χ1n) is 11.9. The zero-order chi connectivity index (χ0) is 25.1. The monoisotopic (exact) mass is 477 g/mol. The zero-order valence-electron chi connectivity index (χ0n) is 20.7. The minimum Gasteiger partial charge on any atom is -0.497 e. The number of ether oxygens (including phenoxy) is 1. The molecule has 0 saturated carbocycles. The Morgan fingerprint density at radius 3 is 2.40 bits per heavy atom. The first-order valence-corrected chi connectivity index (χ1v) is 11.9. The second-order valence-corrected chi connectivity index (χ2v) is 9.37. The number of piperazine rings is 1. The van der Waals surface area contributed by atoms with E-state index in [4.69, 9.17) is 9.72 Å². The average molecular weight is 478 g/mol. The SMILES string of the molecule is COc1ccc(CN2CCN(c3nc(C(C)C)c(-c4ccc(F)cc4)cc3C(=O)O)C[C@H]2C)cc1. The van der Waals surface area contributed by atoms with Gasteiger partial charge in [0.15, 0.2) is 0 Å². The van der Waals surface area contributed by atoms with Gasteiger partial charge in [0.1, 0.15) is 22.9 Å². The van der Waals surface area contributed by atoms with E-state index in [9.17, 15) is 14.3 Å². The van der Waals surface area contributed by atoms with Gasteiger partial charge in [0.2, 0.25) is 0 Å². The molecular weight excluding hydrogens is 445 g/mol. The van der Waals surface area contributed by atoms with Crippen molar-refractivity contribution >= 4 is 11.8 Å². The molecule has 1 fully saturated rings. The summed E-state index contributed by atoms with van der Waals surface area (Å²) < 4.78 is 18.7. The van der Waals surface area contributed by atoms with Crippen LogP contribution in [-0.2, 0) is 6.54 Å². The lowest BCUT2D eigenvalue weighted by atomic mass is 9.95. The highest BCUT2D eigenvalue weighted by Gasteiger charge is 2.29. The van der Waals surface area contributed by atoms with Gasteiger partial charge in [-0.05, 0) is 54.3 Å². The standard InChI is InChI=1S/C28H32FN3O3/c1-18(2)26-24(21-7-9-22(29)10-8-21)15-25(28(33)34)27(30-26)32-14-13-31(19(3)16-32)17-20-5-11-23(35-4)12-6-20/h5-12,15,18-19H,13-14,16-17H2,1-4H3,(H,33,34)/t19-/m1/s1. The summed E-state index contributed by atoms with van der Waals surface area (Å²) >= 11 is 0. The normalized spacial score (nSPS) is 16.5. The molecule has 0 bridgehead atoms. The first kappa shape index (κ1) is 24.7. The number of anilines is 1. The highest BCUT2D eigenvalue weighted by molar-refractivity contribution is 5.95. The van der Waals surface area contributed by atoms with Gasteiger partial charge in [-0.3, -0.25) is 4.90 Å². The van der Waals surface area contributed by atoms with Gasteiger partial charge >= 0.3 is 5.97 Å². The molecule has 184 valence electrons. The second kappa shape index (κ2) is 10.4. The molecule has 0 unspecified atom stereocenters. The average Bonchev–Trinajstić information content (AvgIpc) is 2.85. The third-order valence-electron chi connectivity index (χ3n) is 6.57. The maximum atomic E-state index is 13.5. The van der Waals surface area contributed by atoms with Gasteiger partial charge in [-0.15, -0.1) is 0 Å². The number of nitrogens with zero attached hydrogens (tertiary/aromatic N) is 3. The van der Waals surface area contributed by atoms with Gasteiger partial charge in [-0.2, -0.15) is 0 Å². The molecule has 0 aliphatic carbocycles. The van der Waals surface area contributed by atoms with Crippen LogP contribution in [0, 0.1) is 5.82 Å². The summed E-state index contributed by atoms with van der Waals surface area (Å²) in [6, 6.07) is 16.1. The Morgan fingerprint density at radius 2 is 1.83 bits per heavy atom. The molecule has 1 atom stereocenters. The van der Waals surface area contributed by atoms with Gasteiger partial charge in [0, 0.05) is 37.8 Å². The fraction of sp³-hybridized carbons (Fsp3) is 0.357. The maximum absolute atomic E-state index is 13.5. The second-order valence-electron chi connectivity index (χ2n) is 9.37. The quantitative estimate of drug-likeness (QED) is 0.490. The van der Waals surface area contributed by atoms with E-state index in [1.165, 1.54) is 17.7 Å². The molecule has 0 amide bonds. The number of hydrogen-bond donors (Lipinski definition) is 1. The first-order chi connectivity index (χ1) is 16.8. The molecule has 7 heteroatoms. The Labute approximate surface area is 206 Å². The lowest BCUT2D eigenvalue weighted by Crippen LogP contribution is -2.52. The van der Waals surface area contributed by atoms with Gasteiger partial charge in [0.25, 0.3) is 0 Å². The van der Waals surface area contributed by atoms with Crippen LogP contribution in [0.1, 0.15) is 48.3 Å². The van der Waals surface area contributed by atoms with Crippen molar-refractivity contribution < 1.29 is 19.0 Å². The number of carbonyl (C=O) groups is 1. The van der Waals surface area contributed by atoms with Crippen molar-refractivity contribution in [3.05, 3.63) is 77.2 Å². The third-order valence-corrected chi connectivity index (χ3v) is 6.57. The smallest absolute Gasteiger partial charge is 0.339 e. The minimum atomic E-state index is -1.01. The lowest BCUT2D eigenvalue weighted by molar-refractivity contribution is 0.0696. The van der Waals surface area contributed by atoms with E-state index in [0.717, 1.165) is 35.7 Å². The summed E-state index contributed by atoms with van der Waals surface area (Å²) in [5.41, 5.74) is 3.68. The molecule has 2 heterocycles. The molecular formula is C28H32FN3O3. The van der Waals surface area contributed by atoms with Gasteiger partial charge in [-0.1, -0.05) is 38.1 Å². The Kier molecular flexibility index (Phi) is 7.36. The van der Waals surface area contributed by atoms with Crippen LogP contribution in [0.4, 0.5) is 10.2 Å². The fourth-order valence-electron chi connectivity index (χ4n) is 4.60. The summed E-state index contributed by atoms with van der Waals surface area (Å²) in [5, 5.41) is 10.0. The van der Waals surface area contributed by atoms with Gasteiger partial charge in [0.05, 0.1) is 12.8 Å². The molecule has 35 heavy (non-hydrogen) atoms. The lowest BCUT2D eigenvalue weighted by Gasteiger charge is -2.41. The van der Waals surface area contributed by atoms with Crippen molar-refractivity contribution in [2.45, 2.75) is 39.3 Å². The van der Waals surface area contributed by atoms with E-state index < -0.39 is 5.97 Å². The molecule has 1 saturated heterocycles. The number of rotatable bonds is 7. The summed E-state index contributed by atoms with van der Waals surface area (Å²) in [6.07, 6.45) is 0. The van der Waals surface area contributed by atoms with Crippen LogP contribution in [-0.4, -0.2) is 53.7 Å². The van der Waals surface area contributed by atoms with E-state index in [2.05, 4.69) is 28.9 Å². The summed E-state index contributed by atoms with van der Waals surface area (Å²) in [4.78, 5) is 21.7. The minimum absolute atomic E-state index is 0.0745. The number of benzene rings is 2. The number of carboxylic acids is 1. The molecule has 0 radical (unpaired) electrons. The number of pyridine rings is 1. The van der Waals surface area contributed by atoms with Crippen molar-refractivity contribution in [2.24, 2.45) is 0 Å². The predicted molar refractivity (Wildman–Crippen MR) is 136 cm³/mol. The molecule has 1 aliphatic rings. The fourth-order valence-corrected chi connectivity index (χ4v) is 4.60. The number of aromatic nitrogens is 1. The van der Waals surface area contributed by atoms with Crippen molar-refractivity contribution in [3.8, 4) is 16.9 Å². The predicted octanol–water partition coefficient (Wildman–Crippen LogP) is 5.43. The van der Waals surface area contributed by atoms with Crippen molar-refractivity contribution in [3.63, 3.8) is 0 Å². The highest BCUT2D eigenvalue weighted by Crippen LogP contribution is 2.34. The number of aromatic carboxylic acids is 1. The Hall–Kier alpha value is -3.45. The van der Waals surface area contributed by atoms with Crippen LogP contribution in [0.3, 0.4) is 0 Å². The van der Waals surface area contributed by atoms with E-state index >= 15 is 0 Å². The van der Waals surface area contributed by atoms with Crippen LogP contribution >= 0.6 is 0 Å². The van der Waals surface area contributed by atoms with Crippen LogP contribution < -0.4 is 9.64 Å². The molecule has 1 aliphatic heterocycles. The topological polar surface area (TPSA) is 65.9 Å². The molecule has 1 aromatic heterocycles. The van der Waals surface area contributed by atoms with Gasteiger partial charge < -0.3 is 14.7 Å². The van der Waals surface area contributed by atoms with Crippen LogP contribution in [0.15, 0.2) is 54.6 Å². The van der Waals surface area contributed by atoms with E-state index in [1.54, 1.807) is 25.3 Å². The Morgan fingerprint density at radius 1 is 1.14 bits per heavy atom. The van der Waals surface area contributed by atoms with Crippen molar-refractivity contribution in [1.82, 2.24) is 9.88 Å². The van der Waals surface area contributed by atoms with Crippen molar-refractivity contribution in [2.75, 3.05) is 31.6 Å². The molecule has 2 aromatic carbocycles. The van der Waals surface area contributed by atoms with E-state index in [-0.39, 0.29) is 23.3 Å². The molecule has 6 nitrogen and oxygen atoms in total. The van der Waals surface area contributed by atoms with Crippen LogP contribution in [0.25, 0.3) is 11.1 Å². The molecule has 0 spiro atoms. The maximum Gasteiger partial charge on any atom is 0.339 e. The number of carboxylic acid groups (broad SMARTS) is 1. The highest BCUT2D eigenvalue weighted by atomic mass is 19.1. The summed E-state index contributed by atoms with van der Waals surface area (Å²) in [7, 11) is 1.66. The van der Waals surface area contributed by atoms with Gasteiger partial charge in [-0.25, -0.2) is 14.2 Å². The Balaban J connectivity index is 1.61. The van der Waals surface area contributed by atoms with Crippen molar-refractivity contribution in [1.29, 1.82) is 0 Å². The van der Waals surface area contributed by atoms with E-state index in [1.807, 2.05) is 26.0 Å². The summed E-state index contributed by atoms with van der Waals surface area (Å²) in [6.45, 7) is 9.21. The number of halogens is 1. The Bertz CT molecular complexity index is 1180. The van der Waals surface area contributed by atoms with E-state index in [0.29, 0.717) is 18.9 Å². The van der Waals surface area contributed by atoms with Crippen LogP contribution in [0.5, 0.6) is 5.75 Å². The molecule has 3 aromatic rings. The number of methoxy groups -OCH3 is 1.